The highest BCUT2D eigenvalue weighted by atomic mass is 79.9. The van der Waals surface area contributed by atoms with E-state index in [4.69, 9.17) is 5.11 Å². The smallest absolute Gasteiger partial charge is 0.256 e. The van der Waals surface area contributed by atoms with Crippen molar-refractivity contribution in [2.75, 3.05) is 13.6 Å². The van der Waals surface area contributed by atoms with E-state index in [1.165, 1.54) is 30.1 Å². The highest BCUT2D eigenvalue weighted by Crippen LogP contribution is 2.16. The predicted octanol–water partition coefficient (Wildman–Crippen LogP) is 2.04. The maximum absolute atomic E-state index is 13.4. The van der Waals surface area contributed by atoms with Crippen LogP contribution >= 0.6 is 15.9 Å². The van der Waals surface area contributed by atoms with Crippen LogP contribution in [0.25, 0.3) is 0 Å². The molecule has 0 aliphatic heterocycles. The molecule has 88 valence electrons. The molecule has 0 saturated heterocycles. The maximum Gasteiger partial charge on any atom is 0.256 e. The Balaban J connectivity index is 2.91. The van der Waals surface area contributed by atoms with Gasteiger partial charge in [-0.25, -0.2) is 4.39 Å². The zero-order valence-corrected chi connectivity index (χ0v) is 10.7. The van der Waals surface area contributed by atoms with Crippen molar-refractivity contribution in [3.63, 3.8) is 0 Å². The lowest BCUT2D eigenvalue weighted by Crippen LogP contribution is -2.33. The Morgan fingerprint density at radius 2 is 2.25 bits per heavy atom. The molecule has 5 heteroatoms. The fourth-order valence-corrected chi connectivity index (χ4v) is 1.71. The minimum absolute atomic E-state index is 0.00229. The molecule has 0 spiro atoms. The van der Waals surface area contributed by atoms with Crippen LogP contribution in [0.2, 0.25) is 0 Å². The number of aliphatic hydroxyl groups excluding tert-OH is 1. The van der Waals surface area contributed by atoms with Gasteiger partial charge < -0.3 is 10.0 Å². The number of benzene rings is 1. The summed E-state index contributed by atoms with van der Waals surface area (Å²) in [6, 6.07) is 4.19. The summed E-state index contributed by atoms with van der Waals surface area (Å²) in [4.78, 5) is 13.1. The number of halogens is 2. The van der Waals surface area contributed by atoms with Gasteiger partial charge in [0.05, 0.1) is 11.7 Å². The average molecular weight is 290 g/mol. The molecule has 1 aromatic rings. The van der Waals surface area contributed by atoms with Crippen LogP contribution in [0.1, 0.15) is 17.3 Å². The van der Waals surface area contributed by atoms with Gasteiger partial charge in [0.1, 0.15) is 5.82 Å². The summed E-state index contributed by atoms with van der Waals surface area (Å²) in [5.74, 6) is -1.01. The molecular weight excluding hydrogens is 277 g/mol. The lowest BCUT2D eigenvalue weighted by Gasteiger charge is -2.19. The second kappa shape index (κ2) is 5.41. The Morgan fingerprint density at radius 3 is 2.81 bits per heavy atom. The zero-order valence-electron chi connectivity index (χ0n) is 9.08. The van der Waals surface area contributed by atoms with Crippen LogP contribution in [-0.2, 0) is 0 Å². The van der Waals surface area contributed by atoms with E-state index < -0.39 is 17.8 Å². The van der Waals surface area contributed by atoms with Crippen LogP contribution in [0.4, 0.5) is 4.39 Å². The van der Waals surface area contributed by atoms with Gasteiger partial charge in [0.2, 0.25) is 0 Å². The second-order valence-corrected chi connectivity index (χ2v) is 4.57. The highest BCUT2D eigenvalue weighted by molar-refractivity contribution is 9.10. The van der Waals surface area contributed by atoms with Crippen LogP contribution < -0.4 is 0 Å². The second-order valence-electron chi connectivity index (χ2n) is 3.66. The topological polar surface area (TPSA) is 40.5 Å². The number of amides is 1. The van der Waals surface area contributed by atoms with E-state index in [0.717, 1.165) is 0 Å². The summed E-state index contributed by atoms with van der Waals surface area (Å²) in [6.45, 7) is 1.74. The quantitative estimate of drug-likeness (QED) is 0.925. The molecule has 16 heavy (non-hydrogen) atoms. The molecule has 0 aliphatic carbocycles. The number of carbonyl (C=O) groups excluding carboxylic acids is 1. The Hall–Kier alpha value is -0.940. The maximum atomic E-state index is 13.4. The summed E-state index contributed by atoms with van der Waals surface area (Å²) in [5, 5.41) is 9.15. The van der Waals surface area contributed by atoms with Gasteiger partial charge in [0, 0.05) is 18.1 Å². The summed E-state index contributed by atoms with van der Waals surface area (Å²) < 4.78 is 14.0. The third kappa shape index (κ3) is 3.28. The molecule has 0 radical (unpaired) electrons. The van der Waals surface area contributed by atoms with Gasteiger partial charge in [-0.3, -0.25) is 4.79 Å². The number of carbonyl (C=O) groups is 1. The van der Waals surface area contributed by atoms with Crippen molar-refractivity contribution < 1.29 is 14.3 Å². The van der Waals surface area contributed by atoms with Crippen molar-refractivity contribution in [1.29, 1.82) is 0 Å². The number of nitrogens with zero attached hydrogens (tertiary/aromatic N) is 1. The number of hydrogen-bond donors (Lipinski definition) is 1. The minimum atomic E-state index is -0.635. The molecular formula is C11H13BrFNO2. The van der Waals surface area contributed by atoms with Gasteiger partial charge in [0.15, 0.2) is 0 Å². The average Bonchev–Trinajstić information content (AvgIpc) is 2.19. The van der Waals surface area contributed by atoms with Crippen LogP contribution in [0.5, 0.6) is 0 Å². The molecule has 0 saturated carbocycles. The Morgan fingerprint density at radius 1 is 1.62 bits per heavy atom. The molecule has 0 heterocycles. The van der Waals surface area contributed by atoms with Crippen molar-refractivity contribution in [3.05, 3.63) is 34.1 Å². The van der Waals surface area contributed by atoms with E-state index in [-0.39, 0.29) is 12.1 Å². The van der Waals surface area contributed by atoms with E-state index in [2.05, 4.69) is 15.9 Å². The summed E-state index contributed by atoms with van der Waals surface area (Å²) >= 11 is 3.18. The van der Waals surface area contributed by atoms with E-state index in [1.54, 1.807) is 6.92 Å². The van der Waals surface area contributed by atoms with Gasteiger partial charge >= 0.3 is 0 Å². The standard InChI is InChI=1S/C11H13BrFNO2/c1-7(15)6-14(2)11(16)9-5-8(12)3-4-10(9)13/h3-5,7,15H,6H2,1-2H3. The van der Waals surface area contributed by atoms with Crippen molar-refractivity contribution in [2.45, 2.75) is 13.0 Å². The van der Waals surface area contributed by atoms with Gasteiger partial charge in [-0.05, 0) is 25.1 Å². The molecule has 1 rings (SSSR count). The first-order valence-corrected chi connectivity index (χ1v) is 5.59. The molecule has 0 bridgehead atoms. The summed E-state index contributed by atoms with van der Waals surface area (Å²) in [6.07, 6.45) is -0.635. The number of hydrogen-bond acceptors (Lipinski definition) is 2. The third-order valence-electron chi connectivity index (χ3n) is 2.04. The summed E-state index contributed by atoms with van der Waals surface area (Å²) in [7, 11) is 1.52. The SMILES string of the molecule is CC(O)CN(C)C(=O)c1cc(Br)ccc1F. The Labute approximate surface area is 102 Å². The Bertz CT molecular complexity index is 396. The fraction of sp³-hybridized carbons (Fsp3) is 0.364. The highest BCUT2D eigenvalue weighted by Gasteiger charge is 2.17. The molecule has 0 fully saturated rings. The van der Waals surface area contributed by atoms with Gasteiger partial charge in [-0.15, -0.1) is 0 Å². The summed E-state index contributed by atoms with van der Waals surface area (Å²) in [5.41, 5.74) is -0.00229. The third-order valence-corrected chi connectivity index (χ3v) is 2.54. The molecule has 1 N–H and O–H groups in total. The molecule has 0 aromatic heterocycles. The normalized spacial score (nSPS) is 12.3. The monoisotopic (exact) mass is 289 g/mol. The fourth-order valence-electron chi connectivity index (χ4n) is 1.35. The van der Waals surface area contributed by atoms with Crippen LogP contribution in [0.15, 0.2) is 22.7 Å². The first-order valence-electron chi connectivity index (χ1n) is 4.80. The first-order chi connectivity index (χ1) is 7.41. The van der Waals surface area contributed by atoms with E-state index >= 15 is 0 Å². The van der Waals surface area contributed by atoms with Crippen LogP contribution in [-0.4, -0.2) is 35.6 Å². The van der Waals surface area contributed by atoms with Crippen LogP contribution in [0.3, 0.4) is 0 Å². The lowest BCUT2D eigenvalue weighted by molar-refractivity contribution is 0.0699. The van der Waals surface area contributed by atoms with Crippen molar-refractivity contribution >= 4 is 21.8 Å². The van der Waals surface area contributed by atoms with Crippen molar-refractivity contribution in [1.82, 2.24) is 4.90 Å². The molecule has 1 unspecified atom stereocenters. The van der Waals surface area contributed by atoms with Gasteiger partial charge in [-0.1, -0.05) is 15.9 Å². The zero-order chi connectivity index (χ0) is 12.3. The first kappa shape index (κ1) is 13.1. The molecule has 1 amide bonds. The van der Waals surface area contributed by atoms with Crippen LogP contribution in [0, 0.1) is 5.82 Å². The molecule has 1 aromatic carbocycles. The van der Waals surface area contributed by atoms with Gasteiger partial charge in [0.25, 0.3) is 5.91 Å². The van der Waals surface area contributed by atoms with Crippen molar-refractivity contribution in [3.8, 4) is 0 Å². The van der Waals surface area contributed by atoms with E-state index in [9.17, 15) is 9.18 Å². The molecule has 3 nitrogen and oxygen atoms in total. The van der Waals surface area contributed by atoms with Gasteiger partial charge in [-0.2, -0.15) is 0 Å². The van der Waals surface area contributed by atoms with Crippen molar-refractivity contribution in [2.24, 2.45) is 0 Å². The number of rotatable bonds is 3. The largest absolute Gasteiger partial charge is 0.392 e. The number of likely N-dealkylation sites (N-methyl/N-ethyl adjacent to an activating group) is 1. The predicted molar refractivity (Wildman–Crippen MR) is 62.7 cm³/mol. The molecule has 0 aliphatic rings. The van der Waals surface area contributed by atoms with E-state index in [1.807, 2.05) is 0 Å². The lowest BCUT2D eigenvalue weighted by atomic mass is 10.2. The number of aliphatic hydroxyl groups is 1. The Kier molecular flexibility index (Phi) is 4.44. The van der Waals surface area contributed by atoms with E-state index in [0.29, 0.717) is 4.47 Å². The minimum Gasteiger partial charge on any atom is -0.392 e. The molecule has 1 atom stereocenters.